The van der Waals surface area contributed by atoms with Crippen LogP contribution in [0.25, 0.3) is 0 Å². The fraction of sp³-hybridized carbons (Fsp3) is 0.167. The van der Waals surface area contributed by atoms with Crippen LogP contribution >= 0.6 is 10.7 Å². The Bertz CT molecular complexity index is 533. The minimum atomic E-state index is -4.41. The third-order valence-electron chi connectivity index (χ3n) is 1.57. The first-order valence-corrected chi connectivity index (χ1v) is 5.91. The van der Waals surface area contributed by atoms with Crippen LogP contribution < -0.4 is 0 Å². The highest BCUT2D eigenvalue weighted by molar-refractivity contribution is 8.13. The van der Waals surface area contributed by atoms with Crippen LogP contribution in [0.1, 0.15) is 12.0 Å². The summed E-state index contributed by atoms with van der Waals surface area (Å²) >= 11 is 0. The standard InChI is InChI=1S/C6H3ClF2N2O4S/c7-16(14,15)4-2-10-5(11(12)13)1-3(4)6(8)9/h1-2,6H. The molecule has 1 aromatic heterocycles. The van der Waals surface area contributed by atoms with E-state index < -0.39 is 36.7 Å². The van der Waals surface area contributed by atoms with E-state index in [1.807, 2.05) is 0 Å². The Labute approximate surface area is 92.4 Å². The molecule has 0 aliphatic carbocycles. The van der Waals surface area contributed by atoms with Crippen molar-refractivity contribution in [3.63, 3.8) is 0 Å². The van der Waals surface area contributed by atoms with Crippen LogP contribution in [-0.2, 0) is 9.05 Å². The first-order valence-electron chi connectivity index (χ1n) is 3.60. The molecule has 88 valence electrons. The summed E-state index contributed by atoms with van der Waals surface area (Å²) in [6.45, 7) is 0. The molecule has 0 aromatic carbocycles. The zero-order valence-electron chi connectivity index (χ0n) is 7.30. The number of alkyl halides is 2. The molecule has 0 fully saturated rings. The highest BCUT2D eigenvalue weighted by Crippen LogP contribution is 2.30. The van der Waals surface area contributed by atoms with Gasteiger partial charge in [0.25, 0.3) is 15.5 Å². The molecule has 0 amide bonds. The van der Waals surface area contributed by atoms with Crippen LogP contribution in [0.5, 0.6) is 0 Å². The summed E-state index contributed by atoms with van der Waals surface area (Å²) in [5.41, 5.74) is -1.04. The van der Waals surface area contributed by atoms with Gasteiger partial charge in [0, 0.05) is 22.3 Å². The summed E-state index contributed by atoms with van der Waals surface area (Å²) in [6, 6.07) is 0.375. The number of hydrogen-bond donors (Lipinski definition) is 0. The Balaban J connectivity index is 3.49. The minimum Gasteiger partial charge on any atom is -0.358 e. The molecule has 0 bridgehead atoms. The maximum Gasteiger partial charge on any atom is 0.363 e. The van der Waals surface area contributed by atoms with Crippen molar-refractivity contribution in [2.24, 2.45) is 0 Å². The Kier molecular flexibility index (Phi) is 3.38. The van der Waals surface area contributed by atoms with Crippen molar-refractivity contribution in [2.75, 3.05) is 0 Å². The first-order chi connectivity index (χ1) is 7.23. The van der Waals surface area contributed by atoms with E-state index in [0.29, 0.717) is 12.3 Å². The van der Waals surface area contributed by atoms with Gasteiger partial charge in [-0.1, -0.05) is 0 Å². The summed E-state index contributed by atoms with van der Waals surface area (Å²) in [4.78, 5) is 11.4. The molecule has 1 heterocycles. The fourth-order valence-corrected chi connectivity index (χ4v) is 1.92. The van der Waals surface area contributed by atoms with Crippen LogP contribution in [0.3, 0.4) is 0 Å². The van der Waals surface area contributed by atoms with E-state index in [4.69, 9.17) is 10.7 Å². The molecule has 0 spiro atoms. The molecule has 6 nitrogen and oxygen atoms in total. The second kappa shape index (κ2) is 4.26. The quantitative estimate of drug-likeness (QED) is 0.476. The van der Waals surface area contributed by atoms with E-state index in [1.54, 1.807) is 0 Å². The van der Waals surface area contributed by atoms with Gasteiger partial charge >= 0.3 is 5.82 Å². The Morgan fingerprint density at radius 1 is 1.50 bits per heavy atom. The number of hydrogen-bond acceptors (Lipinski definition) is 5. The number of aromatic nitrogens is 1. The third kappa shape index (κ3) is 2.61. The fourth-order valence-electron chi connectivity index (χ4n) is 0.921. The maximum atomic E-state index is 12.4. The summed E-state index contributed by atoms with van der Waals surface area (Å²) in [5, 5.41) is 10.3. The first kappa shape index (κ1) is 12.7. The highest BCUT2D eigenvalue weighted by Gasteiger charge is 2.26. The lowest BCUT2D eigenvalue weighted by Crippen LogP contribution is -2.02. The number of nitrogens with zero attached hydrogens (tertiary/aromatic N) is 2. The van der Waals surface area contributed by atoms with Crippen LogP contribution in [0.4, 0.5) is 14.6 Å². The predicted octanol–water partition coefficient (Wildman–Crippen LogP) is 1.85. The van der Waals surface area contributed by atoms with E-state index in [1.165, 1.54) is 0 Å². The van der Waals surface area contributed by atoms with Crippen LogP contribution in [-0.4, -0.2) is 18.3 Å². The molecule has 16 heavy (non-hydrogen) atoms. The van der Waals surface area contributed by atoms with E-state index >= 15 is 0 Å². The monoisotopic (exact) mass is 272 g/mol. The van der Waals surface area contributed by atoms with E-state index in [9.17, 15) is 27.3 Å². The van der Waals surface area contributed by atoms with Crippen molar-refractivity contribution in [1.29, 1.82) is 0 Å². The highest BCUT2D eigenvalue weighted by atomic mass is 35.7. The largest absolute Gasteiger partial charge is 0.363 e. The lowest BCUT2D eigenvalue weighted by molar-refractivity contribution is -0.389. The molecular formula is C6H3ClF2N2O4S. The molecule has 0 aliphatic heterocycles. The Morgan fingerprint density at radius 2 is 2.06 bits per heavy atom. The van der Waals surface area contributed by atoms with Gasteiger partial charge < -0.3 is 10.1 Å². The van der Waals surface area contributed by atoms with Gasteiger partial charge in [0.15, 0.2) is 6.20 Å². The van der Waals surface area contributed by atoms with Gasteiger partial charge in [-0.05, 0) is 9.91 Å². The van der Waals surface area contributed by atoms with E-state index in [0.717, 1.165) is 0 Å². The van der Waals surface area contributed by atoms with Gasteiger partial charge in [0.05, 0.1) is 0 Å². The molecule has 0 saturated carbocycles. The SMILES string of the molecule is O=[N+]([O-])c1cc(C(F)F)c(S(=O)(=O)Cl)cn1. The molecule has 0 saturated heterocycles. The predicted molar refractivity (Wildman–Crippen MR) is 48.9 cm³/mol. The number of halogens is 3. The second-order valence-corrected chi connectivity index (χ2v) is 5.11. The normalized spacial score (nSPS) is 11.8. The molecule has 0 unspecified atom stereocenters. The Hall–Kier alpha value is -1.35. The van der Waals surface area contributed by atoms with Gasteiger partial charge in [0.1, 0.15) is 4.90 Å². The number of rotatable bonds is 3. The summed E-state index contributed by atoms with van der Waals surface area (Å²) in [7, 11) is 0.455. The molecule has 1 rings (SSSR count). The minimum absolute atomic E-state index is 0.375. The lowest BCUT2D eigenvalue weighted by atomic mass is 10.3. The van der Waals surface area contributed by atoms with Gasteiger partial charge in [-0.15, -0.1) is 0 Å². The van der Waals surface area contributed by atoms with Gasteiger partial charge in [-0.3, -0.25) is 0 Å². The summed E-state index contributed by atoms with van der Waals surface area (Å²) < 4.78 is 46.6. The number of pyridine rings is 1. The molecule has 0 atom stereocenters. The Morgan fingerprint density at radius 3 is 2.44 bits per heavy atom. The molecule has 1 aromatic rings. The topological polar surface area (TPSA) is 90.2 Å². The van der Waals surface area contributed by atoms with Crippen molar-refractivity contribution in [3.05, 3.63) is 27.9 Å². The summed E-state index contributed by atoms with van der Waals surface area (Å²) in [6.07, 6.45) is -2.77. The van der Waals surface area contributed by atoms with Crippen molar-refractivity contribution in [1.82, 2.24) is 4.98 Å². The molecule has 10 heteroatoms. The second-order valence-electron chi connectivity index (χ2n) is 2.58. The zero-order chi connectivity index (χ0) is 12.5. The van der Waals surface area contributed by atoms with Crippen molar-refractivity contribution in [3.8, 4) is 0 Å². The van der Waals surface area contributed by atoms with Gasteiger partial charge in [0.2, 0.25) is 0 Å². The van der Waals surface area contributed by atoms with Gasteiger partial charge in [-0.25, -0.2) is 17.2 Å². The van der Waals surface area contributed by atoms with E-state index in [-0.39, 0.29) is 0 Å². The average Bonchev–Trinajstić information content (AvgIpc) is 2.15. The maximum absolute atomic E-state index is 12.4. The molecular weight excluding hydrogens is 270 g/mol. The van der Waals surface area contributed by atoms with Crippen LogP contribution in [0.2, 0.25) is 0 Å². The third-order valence-corrected chi connectivity index (χ3v) is 2.93. The molecule has 0 aliphatic rings. The lowest BCUT2D eigenvalue weighted by Gasteiger charge is -2.03. The van der Waals surface area contributed by atoms with Crippen LogP contribution in [0.15, 0.2) is 17.2 Å². The van der Waals surface area contributed by atoms with Crippen molar-refractivity contribution in [2.45, 2.75) is 11.3 Å². The molecule has 0 N–H and O–H groups in total. The van der Waals surface area contributed by atoms with Crippen LogP contribution in [0, 0.1) is 10.1 Å². The molecule has 0 radical (unpaired) electrons. The summed E-state index contributed by atoms with van der Waals surface area (Å²) in [5.74, 6) is -0.876. The smallest absolute Gasteiger partial charge is 0.358 e. The zero-order valence-corrected chi connectivity index (χ0v) is 8.87. The van der Waals surface area contributed by atoms with E-state index in [2.05, 4.69) is 4.98 Å². The van der Waals surface area contributed by atoms with Crippen molar-refractivity contribution < 1.29 is 22.1 Å². The van der Waals surface area contributed by atoms with Gasteiger partial charge in [-0.2, -0.15) is 0 Å². The average molecular weight is 273 g/mol. The number of nitro groups is 1. The van der Waals surface area contributed by atoms with Crippen molar-refractivity contribution >= 4 is 25.6 Å².